The summed E-state index contributed by atoms with van der Waals surface area (Å²) >= 11 is 0. The molecule has 0 saturated carbocycles. The Morgan fingerprint density at radius 3 is 1.96 bits per heavy atom. The minimum Gasteiger partial charge on any atom is -0.493 e. The fraction of sp³-hybridized carbons (Fsp3) is 0.750. The zero-order chi connectivity index (χ0) is 21.9. The molecule has 5 atom stereocenters. The van der Waals surface area contributed by atoms with Crippen LogP contribution in [-0.4, -0.2) is 31.7 Å². The molecular formula is C24H44O4. The third kappa shape index (κ3) is 8.40. The summed E-state index contributed by atoms with van der Waals surface area (Å²) in [7, 11) is 3.18. The molecule has 28 heavy (non-hydrogen) atoms. The molecule has 0 aliphatic carbocycles. The predicted molar refractivity (Wildman–Crippen MR) is 118 cm³/mol. The molecule has 0 fully saturated rings. The molecule has 0 aromatic heterocycles. The maximum absolute atomic E-state index is 10.6. The maximum Gasteiger partial charge on any atom is 0.164 e. The van der Waals surface area contributed by atoms with Gasteiger partial charge in [-0.15, -0.1) is 0 Å². The number of allylic oxidation sites excluding steroid dienone is 2. The van der Waals surface area contributed by atoms with Gasteiger partial charge in [0.05, 0.1) is 20.3 Å². The van der Waals surface area contributed by atoms with E-state index in [2.05, 4.69) is 40.9 Å². The highest BCUT2D eigenvalue weighted by atomic mass is 16.6. The van der Waals surface area contributed by atoms with Crippen molar-refractivity contribution in [3.63, 3.8) is 0 Å². The highest BCUT2D eigenvalue weighted by molar-refractivity contribution is 5.37. The molecule has 0 heterocycles. The summed E-state index contributed by atoms with van der Waals surface area (Å²) in [6.45, 7) is 20.9. The number of aliphatic hydroxyl groups excluding tert-OH is 1. The monoisotopic (exact) mass is 396 g/mol. The summed E-state index contributed by atoms with van der Waals surface area (Å²) in [5, 5.41) is 10.6. The molecule has 0 saturated heterocycles. The number of hydrogen-bond donors (Lipinski definition) is 1. The van der Waals surface area contributed by atoms with Crippen molar-refractivity contribution in [2.45, 2.75) is 86.0 Å². The Morgan fingerprint density at radius 2 is 1.50 bits per heavy atom. The maximum atomic E-state index is 10.6. The highest BCUT2D eigenvalue weighted by Gasteiger charge is 2.27. The van der Waals surface area contributed by atoms with Crippen LogP contribution in [0.25, 0.3) is 0 Å². The fourth-order valence-corrected chi connectivity index (χ4v) is 3.02. The Kier molecular flexibility index (Phi) is 13.2. The van der Waals surface area contributed by atoms with Crippen LogP contribution in [0.3, 0.4) is 0 Å². The highest BCUT2D eigenvalue weighted by Crippen LogP contribution is 2.30. The van der Waals surface area contributed by atoms with Crippen LogP contribution in [0.4, 0.5) is 0 Å². The van der Waals surface area contributed by atoms with Crippen LogP contribution < -0.4 is 0 Å². The van der Waals surface area contributed by atoms with Crippen LogP contribution in [0.1, 0.15) is 73.6 Å². The zero-order valence-electron chi connectivity index (χ0n) is 19.5. The van der Waals surface area contributed by atoms with Gasteiger partial charge in [0.1, 0.15) is 0 Å². The van der Waals surface area contributed by atoms with Crippen LogP contribution >= 0.6 is 0 Å². The largest absolute Gasteiger partial charge is 0.493 e. The second-order valence-corrected chi connectivity index (χ2v) is 8.03. The standard InChI is InChI=1S/C24H44O4/c1-11-13-18(5)22(26-9)23(27-10)19(6)20(7)24(25)28-21(8)17(4)15-14-16(3)12-2/h16-17,20-21,24-25H,5-6,11-15H2,1-4,7-10H3/b23-22-. The second kappa shape index (κ2) is 13.8. The summed E-state index contributed by atoms with van der Waals surface area (Å²) < 4.78 is 17.0. The lowest BCUT2D eigenvalue weighted by Gasteiger charge is -2.29. The first-order chi connectivity index (χ1) is 13.1. The Hall–Kier alpha value is -1.26. The van der Waals surface area contributed by atoms with E-state index >= 15 is 0 Å². The normalized spacial score (nSPS) is 17.8. The lowest BCUT2D eigenvalue weighted by molar-refractivity contribution is -0.163. The van der Waals surface area contributed by atoms with E-state index in [4.69, 9.17) is 14.2 Å². The van der Waals surface area contributed by atoms with Crippen molar-refractivity contribution in [2.24, 2.45) is 17.8 Å². The van der Waals surface area contributed by atoms with Crippen molar-refractivity contribution < 1.29 is 19.3 Å². The summed E-state index contributed by atoms with van der Waals surface area (Å²) in [5.41, 5.74) is 1.50. The zero-order valence-corrected chi connectivity index (χ0v) is 19.5. The van der Waals surface area contributed by atoms with E-state index in [9.17, 15) is 5.11 Å². The van der Waals surface area contributed by atoms with E-state index < -0.39 is 6.29 Å². The lowest BCUT2D eigenvalue weighted by Crippen LogP contribution is -2.31. The van der Waals surface area contributed by atoms with E-state index in [-0.39, 0.29) is 12.0 Å². The molecule has 0 amide bonds. The summed E-state index contributed by atoms with van der Waals surface area (Å²) in [4.78, 5) is 0. The minimum atomic E-state index is -0.962. The predicted octanol–water partition coefficient (Wildman–Crippen LogP) is 6.23. The lowest BCUT2D eigenvalue weighted by atomic mass is 9.93. The summed E-state index contributed by atoms with van der Waals surface area (Å²) in [5.74, 6) is 1.87. The molecule has 0 spiro atoms. The van der Waals surface area contributed by atoms with Gasteiger partial charge < -0.3 is 19.3 Å². The van der Waals surface area contributed by atoms with Crippen molar-refractivity contribution >= 4 is 0 Å². The number of hydrogen-bond acceptors (Lipinski definition) is 4. The van der Waals surface area contributed by atoms with E-state index in [1.54, 1.807) is 14.2 Å². The molecule has 0 bridgehead atoms. The van der Waals surface area contributed by atoms with Gasteiger partial charge in [-0.2, -0.15) is 0 Å². The summed E-state index contributed by atoms with van der Waals surface area (Å²) in [6.07, 6.45) is 4.23. The van der Waals surface area contributed by atoms with Gasteiger partial charge in [0.15, 0.2) is 17.8 Å². The summed E-state index contributed by atoms with van der Waals surface area (Å²) in [6, 6.07) is 0. The molecule has 4 heteroatoms. The first-order valence-corrected chi connectivity index (χ1v) is 10.7. The van der Waals surface area contributed by atoms with Crippen molar-refractivity contribution in [1.29, 1.82) is 0 Å². The van der Waals surface area contributed by atoms with Crippen LogP contribution in [0.15, 0.2) is 35.8 Å². The van der Waals surface area contributed by atoms with Gasteiger partial charge in [0.25, 0.3) is 0 Å². The number of ether oxygens (including phenoxy) is 3. The molecule has 0 aliphatic rings. The molecule has 4 nitrogen and oxygen atoms in total. The van der Waals surface area contributed by atoms with Crippen LogP contribution in [0.5, 0.6) is 0 Å². The third-order valence-electron chi connectivity index (χ3n) is 5.72. The van der Waals surface area contributed by atoms with E-state index in [1.165, 1.54) is 12.8 Å². The van der Waals surface area contributed by atoms with Crippen molar-refractivity contribution in [3.05, 3.63) is 35.8 Å². The van der Waals surface area contributed by atoms with Crippen molar-refractivity contribution in [3.8, 4) is 0 Å². The average Bonchev–Trinajstić information content (AvgIpc) is 2.68. The van der Waals surface area contributed by atoms with Gasteiger partial charge >= 0.3 is 0 Å². The molecule has 0 radical (unpaired) electrons. The Balaban J connectivity index is 5.09. The van der Waals surface area contributed by atoms with E-state index in [1.807, 2.05) is 13.8 Å². The molecule has 0 aromatic rings. The van der Waals surface area contributed by atoms with Crippen LogP contribution in [-0.2, 0) is 14.2 Å². The van der Waals surface area contributed by atoms with Gasteiger partial charge in [0, 0.05) is 5.92 Å². The molecule has 0 aromatic carbocycles. The second-order valence-electron chi connectivity index (χ2n) is 8.03. The van der Waals surface area contributed by atoms with Crippen LogP contribution in [0, 0.1) is 17.8 Å². The fourth-order valence-electron chi connectivity index (χ4n) is 3.02. The van der Waals surface area contributed by atoms with E-state index in [0.717, 1.165) is 30.8 Å². The van der Waals surface area contributed by atoms with Crippen molar-refractivity contribution in [2.75, 3.05) is 14.2 Å². The Labute approximate surface area is 173 Å². The molecule has 0 aliphatic heterocycles. The van der Waals surface area contributed by atoms with Crippen molar-refractivity contribution in [1.82, 2.24) is 0 Å². The number of aliphatic hydroxyl groups is 1. The van der Waals surface area contributed by atoms with E-state index in [0.29, 0.717) is 23.0 Å². The van der Waals surface area contributed by atoms with Gasteiger partial charge in [-0.3, -0.25) is 0 Å². The molecule has 5 unspecified atom stereocenters. The minimum absolute atomic E-state index is 0.0405. The average molecular weight is 397 g/mol. The van der Waals surface area contributed by atoms with Gasteiger partial charge in [-0.1, -0.05) is 67.0 Å². The number of methoxy groups -OCH3 is 2. The first-order valence-electron chi connectivity index (χ1n) is 10.7. The molecule has 1 N–H and O–H groups in total. The Morgan fingerprint density at radius 1 is 0.929 bits per heavy atom. The Bertz CT molecular complexity index is 509. The smallest absolute Gasteiger partial charge is 0.164 e. The molecule has 164 valence electrons. The third-order valence-corrected chi connectivity index (χ3v) is 5.72. The first kappa shape index (κ1) is 26.7. The van der Waals surface area contributed by atoms with Gasteiger partial charge in [0.2, 0.25) is 0 Å². The molecule has 0 rings (SSSR count). The topological polar surface area (TPSA) is 47.9 Å². The van der Waals surface area contributed by atoms with Gasteiger partial charge in [-0.25, -0.2) is 0 Å². The molecular weight excluding hydrogens is 352 g/mol. The SMILES string of the molecule is C=C(CCC)/C(OC)=C(/OC)C(=C)C(C)C(O)OC(C)C(C)CCC(C)CC. The van der Waals surface area contributed by atoms with Gasteiger partial charge in [-0.05, 0) is 42.7 Å². The number of rotatable bonds is 15. The van der Waals surface area contributed by atoms with Crippen LogP contribution in [0.2, 0.25) is 0 Å². The quantitative estimate of drug-likeness (QED) is 0.203.